The molecule has 3 atom stereocenters. The number of aromatic nitrogens is 2. The summed E-state index contributed by atoms with van der Waals surface area (Å²) in [6, 6.07) is 5.80. The molecule has 2 amide bonds. The molecule has 10 N–H and O–H groups in total. The number of imidazole rings is 1. The van der Waals surface area contributed by atoms with Gasteiger partial charge in [-0.1, -0.05) is 30.3 Å². The summed E-state index contributed by atoms with van der Waals surface area (Å²) >= 11 is 0. The number of carboxylic acids is 1. The molecule has 178 valence electrons. The Hall–Kier alpha value is -3.93. The number of aromatic amines is 1. The summed E-state index contributed by atoms with van der Waals surface area (Å²) < 4.78 is 0. The van der Waals surface area contributed by atoms with Crippen molar-refractivity contribution < 1.29 is 19.5 Å². The third-order valence-corrected chi connectivity index (χ3v) is 4.81. The van der Waals surface area contributed by atoms with Crippen molar-refractivity contribution in [3.05, 3.63) is 54.1 Å². The quantitative estimate of drug-likeness (QED) is 0.108. The van der Waals surface area contributed by atoms with Crippen molar-refractivity contribution in [3.63, 3.8) is 0 Å². The molecule has 0 bridgehead atoms. The van der Waals surface area contributed by atoms with Gasteiger partial charge in [-0.3, -0.25) is 14.6 Å². The number of amides is 2. The number of aliphatic imine (C=N–C) groups is 1. The molecular formula is C21H30N8O4. The third kappa shape index (κ3) is 8.99. The van der Waals surface area contributed by atoms with E-state index in [-0.39, 0.29) is 18.8 Å². The zero-order chi connectivity index (χ0) is 24.2. The molecule has 0 saturated heterocycles. The zero-order valence-electron chi connectivity index (χ0n) is 18.1. The molecule has 2 rings (SSSR count). The third-order valence-electron chi connectivity index (χ3n) is 4.81. The Morgan fingerprint density at radius 1 is 1.06 bits per heavy atom. The molecule has 0 aliphatic heterocycles. The maximum absolute atomic E-state index is 13.0. The van der Waals surface area contributed by atoms with E-state index in [2.05, 4.69) is 25.6 Å². The van der Waals surface area contributed by atoms with Crippen molar-refractivity contribution in [2.24, 2.45) is 22.2 Å². The normalized spacial score (nSPS) is 13.4. The lowest BCUT2D eigenvalue weighted by molar-refractivity contribution is -0.142. The van der Waals surface area contributed by atoms with Gasteiger partial charge in [0.05, 0.1) is 12.4 Å². The SMILES string of the molecule is NC(N)=NCCCC(N)C(=O)NC(Cc1cnc[nH]1)C(=O)NC(Cc1ccccc1)C(=O)O. The summed E-state index contributed by atoms with van der Waals surface area (Å²) in [6.07, 6.45) is 3.90. The first kappa shape index (κ1) is 25.3. The van der Waals surface area contributed by atoms with Crippen molar-refractivity contribution >= 4 is 23.7 Å². The van der Waals surface area contributed by atoms with Gasteiger partial charge in [0.1, 0.15) is 12.1 Å². The van der Waals surface area contributed by atoms with E-state index in [0.29, 0.717) is 25.1 Å². The van der Waals surface area contributed by atoms with Gasteiger partial charge in [-0.2, -0.15) is 0 Å². The average Bonchev–Trinajstić information content (AvgIpc) is 3.29. The highest BCUT2D eigenvalue weighted by Crippen LogP contribution is 2.06. The van der Waals surface area contributed by atoms with E-state index >= 15 is 0 Å². The number of carbonyl (C=O) groups excluding carboxylic acids is 2. The van der Waals surface area contributed by atoms with Crippen LogP contribution in [0, 0.1) is 0 Å². The largest absolute Gasteiger partial charge is 0.480 e. The lowest BCUT2D eigenvalue weighted by Crippen LogP contribution is -2.55. The summed E-state index contributed by atoms with van der Waals surface area (Å²) in [4.78, 5) is 47.9. The van der Waals surface area contributed by atoms with Crippen molar-refractivity contribution in [1.82, 2.24) is 20.6 Å². The second-order valence-corrected chi connectivity index (χ2v) is 7.49. The monoisotopic (exact) mass is 458 g/mol. The Labute approximate surface area is 191 Å². The molecule has 33 heavy (non-hydrogen) atoms. The minimum absolute atomic E-state index is 0.0483. The fourth-order valence-corrected chi connectivity index (χ4v) is 3.08. The molecule has 0 aliphatic carbocycles. The second-order valence-electron chi connectivity index (χ2n) is 7.49. The van der Waals surface area contributed by atoms with Gasteiger partial charge in [0.15, 0.2) is 5.96 Å². The second kappa shape index (κ2) is 12.8. The molecule has 0 fully saturated rings. The number of nitrogens with zero attached hydrogens (tertiary/aromatic N) is 2. The number of hydrogen-bond donors (Lipinski definition) is 7. The molecule has 12 nitrogen and oxygen atoms in total. The Morgan fingerprint density at radius 2 is 1.76 bits per heavy atom. The number of carbonyl (C=O) groups is 3. The first-order chi connectivity index (χ1) is 15.8. The number of guanidine groups is 1. The maximum atomic E-state index is 13.0. The number of benzene rings is 1. The van der Waals surface area contributed by atoms with Crippen LogP contribution >= 0.6 is 0 Å². The number of aliphatic carboxylic acids is 1. The van der Waals surface area contributed by atoms with Gasteiger partial charge in [0.25, 0.3) is 0 Å². The van der Waals surface area contributed by atoms with Gasteiger partial charge in [0.2, 0.25) is 11.8 Å². The summed E-state index contributed by atoms with van der Waals surface area (Å²) in [5, 5.41) is 14.7. The van der Waals surface area contributed by atoms with Crippen LogP contribution in [-0.2, 0) is 27.2 Å². The fraction of sp³-hybridized carbons (Fsp3) is 0.381. The number of nitrogens with two attached hydrogens (primary N) is 3. The van der Waals surface area contributed by atoms with Crippen molar-refractivity contribution in [2.45, 2.75) is 43.8 Å². The number of hydrogen-bond acceptors (Lipinski definition) is 6. The predicted octanol–water partition coefficient (Wildman–Crippen LogP) is -1.37. The van der Waals surface area contributed by atoms with Crippen molar-refractivity contribution in [3.8, 4) is 0 Å². The molecule has 0 saturated carbocycles. The fourth-order valence-electron chi connectivity index (χ4n) is 3.08. The van der Waals surface area contributed by atoms with Crippen LogP contribution in [-0.4, -0.2) is 63.5 Å². The van der Waals surface area contributed by atoms with Crippen LogP contribution in [0.25, 0.3) is 0 Å². The Morgan fingerprint density at radius 3 is 2.36 bits per heavy atom. The molecule has 1 heterocycles. The predicted molar refractivity (Wildman–Crippen MR) is 122 cm³/mol. The van der Waals surface area contributed by atoms with E-state index in [1.54, 1.807) is 24.3 Å². The zero-order valence-corrected chi connectivity index (χ0v) is 18.1. The molecule has 0 radical (unpaired) electrons. The van der Waals surface area contributed by atoms with Crippen LogP contribution < -0.4 is 27.8 Å². The highest BCUT2D eigenvalue weighted by molar-refractivity contribution is 5.92. The first-order valence-electron chi connectivity index (χ1n) is 10.4. The lowest BCUT2D eigenvalue weighted by atomic mass is 10.0. The molecular weight excluding hydrogens is 428 g/mol. The van der Waals surface area contributed by atoms with Gasteiger partial charge in [-0.25, -0.2) is 9.78 Å². The minimum Gasteiger partial charge on any atom is -0.480 e. The number of rotatable bonds is 13. The summed E-state index contributed by atoms with van der Waals surface area (Å²) in [6.45, 7) is 0.321. The lowest BCUT2D eigenvalue weighted by Gasteiger charge is -2.22. The Bertz CT molecular complexity index is 929. The number of nitrogens with one attached hydrogen (secondary N) is 3. The molecule has 12 heteroatoms. The Balaban J connectivity index is 2.04. The molecule has 0 spiro atoms. The van der Waals surface area contributed by atoms with E-state index in [1.807, 2.05) is 6.07 Å². The van der Waals surface area contributed by atoms with Crippen LogP contribution in [0.1, 0.15) is 24.1 Å². The van der Waals surface area contributed by atoms with E-state index in [4.69, 9.17) is 17.2 Å². The molecule has 0 aliphatic rings. The van der Waals surface area contributed by atoms with Crippen LogP contribution in [0.15, 0.2) is 47.8 Å². The Kier molecular flexibility index (Phi) is 9.83. The average molecular weight is 459 g/mol. The van der Waals surface area contributed by atoms with Gasteiger partial charge in [0, 0.05) is 31.3 Å². The van der Waals surface area contributed by atoms with Gasteiger partial charge in [-0.05, 0) is 18.4 Å². The van der Waals surface area contributed by atoms with E-state index in [9.17, 15) is 19.5 Å². The summed E-state index contributed by atoms with van der Waals surface area (Å²) in [5.74, 6) is -2.42. The smallest absolute Gasteiger partial charge is 0.326 e. The highest BCUT2D eigenvalue weighted by Gasteiger charge is 2.28. The van der Waals surface area contributed by atoms with E-state index in [1.165, 1.54) is 12.5 Å². The van der Waals surface area contributed by atoms with Crippen LogP contribution in [0.4, 0.5) is 0 Å². The van der Waals surface area contributed by atoms with Crippen LogP contribution in [0.5, 0.6) is 0 Å². The van der Waals surface area contributed by atoms with E-state index < -0.39 is 35.9 Å². The maximum Gasteiger partial charge on any atom is 0.326 e. The number of carboxylic acid groups (broad SMARTS) is 1. The highest BCUT2D eigenvalue weighted by atomic mass is 16.4. The van der Waals surface area contributed by atoms with Crippen LogP contribution in [0.3, 0.4) is 0 Å². The molecule has 1 aromatic carbocycles. The first-order valence-corrected chi connectivity index (χ1v) is 10.4. The molecule has 2 aromatic rings. The minimum atomic E-state index is -1.18. The number of H-pyrrole nitrogens is 1. The van der Waals surface area contributed by atoms with Gasteiger partial charge in [-0.15, -0.1) is 0 Å². The van der Waals surface area contributed by atoms with E-state index in [0.717, 1.165) is 5.56 Å². The topological polar surface area (TPSA) is 215 Å². The molecule has 1 aromatic heterocycles. The standard InChI is InChI=1S/C21H30N8O4/c22-15(7-4-8-26-21(23)24)18(30)28-16(10-14-11-25-12-27-14)19(31)29-17(20(32)33)9-13-5-2-1-3-6-13/h1-3,5-6,11-12,15-17H,4,7-10,22H2,(H,25,27)(H,28,30)(H,29,31)(H,32,33)(H4,23,24,26). The van der Waals surface area contributed by atoms with Crippen LogP contribution in [0.2, 0.25) is 0 Å². The van der Waals surface area contributed by atoms with Gasteiger partial charge < -0.3 is 37.9 Å². The molecule has 3 unspecified atom stereocenters. The van der Waals surface area contributed by atoms with Crippen molar-refractivity contribution in [1.29, 1.82) is 0 Å². The summed E-state index contributed by atoms with van der Waals surface area (Å²) in [5.41, 5.74) is 17.8. The summed E-state index contributed by atoms with van der Waals surface area (Å²) in [7, 11) is 0. The van der Waals surface area contributed by atoms with Gasteiger partial charge >= 0.3 is 5.97 Å². The van der Waals surface area contributed by atoms with Crippen molar-refractivity contribution in [2.75, 3.05) is 6.54 Å².